The average molecular weight is 692 g/mol. The number of alkyl halides is 3. The van der Waals surface area contributed by atoms with Gasteiger partial charge in [0.1, 0.15) is 5.75 Å². The van der Waals surface area contributed by atoms with Crippen LogP contribution in [0.4, 0.5) is 24.5 Å². The second-order valence-electron chi connectivity index (χ2n) is 12.7. The largest absolute Gasteiger partial charge is 0.483 e. The number of rotatable bonds is 6. The van der Waals surface area contributed by atoms with Gasteiger partial charge in [0.25, 0.3) is 5.91 Å². The predicted octanol–water partition coefficient (Wildman–Crippen LogP) is 6.46. The average Bonchev–Trinajstić information content (AvgIpc) is 3.78. The van der Waals surface area contributed by atoms with Crippen molar-refractivity contribution >= 4 is 52.2 Å². The number of hydrogen-bond acceptors (Lipinski definition) is 7. The Labute approximate surface area is 280 Å². The molecule has 1 aromatic heterocycles. The summed E-state index contributed by atoms with van der Waals surface area (Å²) in [5.41, 5.74) is 0.916. The molecule has 1 saturated heterocycles. The Kier molecular flexibility index (Phi) is 7.33. The molecule has 8 nitrogen and oxygen atoms in total. The summed E-state index contributed by atoms with van der Waals surface area (Å²) in [5, 5.41) is 3.35. The second-order valence-corrected chi connectivity index (χ2v) is 14.9. The van der Waals surface area contributed by atoms with Crippen molar-refractivity contribution in [2.24, 2.45) is 29.6 Å². The fraction of sp³-hybridized carbons (Fsp3) is 0.314. The fourth-order valence-corrected chi connectivity index (χ4v) is 11.3. The molecule has 13 heteroatoms. The van der Waals surface area contributed by atoms with Crippen molar-refractivity contribution in [3.8, 4) is 5.75 Å². The molecule has 4 aliphatic rings. The number of aromatic nitrogens is 1. The number of benzene rings is 3. The van der Waals surface area contributed by atoms with Gasteiger partial charge in [0.05, 0.1) is 28.1 Å². The molecule has 3 aromatic carbocycles. The van der Waals surface area contributed by atoms with Crippen molar-refractivity contribution in [3.05, 3.63) is 104 Å². The molecule has 48 heavy (non-hydrogen) atoms. The van der Waals surface area contributed by atoms with Gasteiger partial charge in [0.2, 0.25) is 11.8 Å². The summed E-state index contributed by atoms with van der Waals surface area (Å²) in [6.45, 7) is 1.65. The predicted molar refractivity (Wildman–Crippen MR) is 174 cm³/mol. The number of thioether (sulfide) groups is 1. The molecule has 7 atom stereocenters. The molecule has 0 spiro atoms. The molecular formula is C35H28F3N3O5S2. The maximum atomic E-state index is 14.1. The van der Waals surface area contributed by atoms with Crippen LogP contribution in [0.25, 0.3) is 0 Å². The summed E-state index contributed by atoms with van der Waals surface area (Å²) < 4.78 is 48.1. The highest BCUT2D eigenvalue weighted by atomic mass is 32.2. The van der Waals surface area contributed by atoms with Crippen LogP contribution in [0.2, 0.25) is 0 Å². The topological polar surface area (TPSA) is 109 Å². The fourth-order valence-electron chi connectivity index (χ4n) is 8.44. The monoisotopic (exact) mass is 691 g/mol. The number of ether oxygens (including phenoxy) is 1. The number of amides is 3. The molecule has 2 aliphatic heterocycles. The SMILES string of the molecule is Cc1cccc(NC(=O)COc2ccccc2[C@H]2c3sc(=O)[nH]c3SC3C2[C@H]2C[C@@H]3C3C(=O)N(c4ccccc4C(F)(F)F)C(=O)C32)c1. The number of nitrogens with zero attached hydrogens (tertiary/aromatic N) is 1. The molecule has 246 valence electrons. The number of para-hydroxylation sites is 2. The molecule has 3 fully saturated rings. The number of fused-ring (bicyclic) bond motifs is 9. The number of nitrogens with one attached hydrogen (secondary N) is 2. The Bertz CT molecular complexity index is 2040. The van der Waals surface area contributed by atoms with Crippen molar-refractivity contribution in [2.45, 2.75) is 35.7 Å². The lowest BCUT2D eigenvalue weighted by Crippen LogP contribution is -2.42. The number of aryl methyl sites for hydroxylation is 1. The van der Waals surface area contributed by atoms with Crippen LogP contribution in [0.3, 0.4) is 0 Å². The lowest BCUT2D eigenvalue weighted by atomic mass is 9.68. The quantitative estimate of drug-likeness (QED) is 0.225. The van der Waals surface area contributed by atoms with Gasteiger partial charge in [-0.3, -0.25) is 19.2 Å². The van der Waals surface area contributed by atoms with Gasteiger partial charge in [-0.2, -0.15) is 13.2 Å². The van der Waals surface area contributed by atoms with Gasteiger partial charge in [-0.15, -0.1) is 11.8 Å². The van der Waals surface area contributed by atoms with Crippen molar-refractivity contribution in [1.29, 1.82) is 0 Å². The zero-order valence-electron chi connectivity index (χ0n) is 25.3. The standard InChI is InChI=1S/C35H28F3N3O5S2/c1-16-7-6-8-17(13-16)39-24(42)15-46-23-12-5-2-9-18(23)25-26-19-14-20(29(26)47-31-30(25)48-34(45)40-31)28-27(19)32(43)41(33(28)44)22-11-4-3-10-21(22)35(36,37)38/h2-13,19-20,25-29H,14-15H2,1H3,(H,39,42)(H,40,45)/t19-,20-,25-,26?,27?,28?,29?/m1/s1. The van der Waals surface area contributed by atoms with E-state index in [1.165, 1.54) is 30.0 Å². The van der Waals surface area contributed by atoms with Gasteiger partial charge in [-0.05, 0) is 67.0 Å². The van der Waals surface area contributed by atoms with E-state index in [1.807, 2.05) is 37.3 Å². The van der Waals surface area contributed by atoms with Crippen molar-refractivity contribution in [3.63, 3.8) is 0 Å². The first-order valence-corrected chi connectivity index (χ1v) is 17.2. The minimum absolute atomic E-state index is 0.175. The minimum Gasteiger partial charge on any atom is -0.483 e. The van der Waals surface area contributed by atoms with E-state index in [9.17, 15) is 32.3 Å². The maximum Gasteiger partial charge on any atom is 0.418 e. The van der Waals surface area contributed by atoms with E-state index in [2.05, 4.69) is 10.3 Å². The first kappa shape index (κ1) is 30.9. The summed E-state index contributed by atoms with van der Waals surface area (Å²) in [6, 6.07) is 19.4. The van der Waals surface area contributed by atoms with E-state index in [4.69, 9.17) is 4.74 Å². The molecule has 4 aromatic rings. The molecule has 3 amide bonds. The van der Waals surface area contributed by atoms with E-state index in [0.717, 1.165) is 38.3 Å². The summed E-state index contributed by atoms with van der Waals surface area (Å²) in [4.78, 5) is 57.8. The van der Waals surface area contributed by atoms with E-state index < -0.39 is 47.0 Å². The van der Waals surface area contributed by atoms with E-state index in [-0.39, 0.29) is 40.4 Å². The van der Waals surface area contributed by atoms with Crippen LogP contribution in [0.15, 0.2) is 82.6 Å². The molecule has 0 radical (unpaired) electrons. The number of imide groups is 1. The third kappa shape index (κ3) is 4.89. The van der Waals surface area contributed by atoms with E-state index in [0.29, 0.717) is 22.9 Å². The smallest absolute Gasteiger partial charge is 0.418 e. The number of aromatic amines is 1. The highest BCUT2D eigenvalue weighted by Crippen LogP contribution is 2.69. The molecule has 2 N–H and O–H groups in total. The van der Waals surface area contributed by atoms with Gasteiger partial charge in [-0.1, -0.05) is 53.8 Å². The number of carbonyl (C=O) groups is 3. The maximum absolute atomic E-state index is 14.1. The molecule has 2 saturated carbocycles. The van der Waals surface area contributed by atoms with E-state index >= 15 is 0 Å². The summed E-state index contributed by atoms with van der Waals surface area (Å²) in [5.74, 6) is -3.83. The number of anilines is 2. The zero-order chi connectivity index (χ0) is 33.5. The summed E-state index contributed by atoms with van der Waals surface area (Å²) in [7, 11) is 0. The van der Waals surface area contributed by atoms with E-state index in [1.54, 1.807) is 18.2 Å². The number of carbonyl (C=O) groups excluding carboxylic acids is 3. The Morgan fingerprint density at radius 1 is 0.979 bits per heavy atom. The Morgan fingerprint density at radius 3 is 2.48 bits per heavy atom. The highest BCUT2D eigenvalue weighted by Gasteiger charge is 2.70. The van der Waals surface area contributed by atoms with Crippen molar-refractivity contribution in [1.82, 2.24) is 4.98 Å². The normalized spacial score (nSPS) is 27.1. The molecule has 2 aliphatic carbocycles. The number of thiazole rings is 1. The van der Waals surface area contributed by atoms with Crippen LogP contribution in [-0.2, 0) is 20.6 Å². The third-order valence-electron chi connectivity index (χ3n) is 10.1. The van der Waals surface area contributed by atoms with Gasteiger partial charge in [-0.25, -0.2) is 4.90 Å². The summed E-state index contributed by atoms with van der Waals surface area (Å²) >= 11 is 2.56. The molecule has 2 bridgehead atoms. The molecular weight excluding hydrogens is 664 g/mol. The van der Waals surface area contributed by atoms with Crippen LogP contribution < -0.4 is 19.8 Å². The van der Waals surface area contributed by atoms with Crippen molar-refractivity contribution < 1.29 is 32.3 Å². The summed E-state index contributed by atoms with van der Waals surface area (Å²) in [6.07, 6.45) is -4.18. The van der Waals surface area contributed by atoms with Crippen molar-refractivity contribution in [2.75, 3.05) is 16.8 Å². The molecule has 3 heterocycles. The minimum atomic E-state index is -4.75. The van der Waals surface area contributed by atoms with Gasteiger partial charge in [0.15, 0.2) is 6.61 Å². The Balaban J connectivity index is 1.13. The van der Waals surface area contributed by atoms with Gasteiger partial charge >= 0.3 is 11.0 Å². The second kappa shape index (κ2) is 11.4. The first-order valence-electron chi connectivity index (χ1n) is 15.5. The molecule has 8 rings (SSSR count). The number of H-pyrrole nitrogens is 1. The van der Waals surface area contributed by atoms with Crippen LogP contribution >= 0.6 is 23.1 Å². The Morgan fingerprint density at radius 2 is 1.71 bits per heavy atom. The van der Waals surface area contributed by atoms with Gasteiger partial charge in [0, 0.05) is 27.3 Å². The number of halogens is 3. The third-order valence-corrected chi connectivity index (χ3v) is 12.7. The highest BCUT2D eigenvalue weighted by molar-refractivity contribution is 8.00. The Hall–Kier alpha value is -4.36. The van der Waals surface area contributed by atoms with Gasteiger partial charge < -0.3 is 15.0 Å². The van der Waals surface area contributed by atoms with Crippen LogP contribution in [0, 0.1) is 36.5 Å². The molecule has 4 unspecified atom stereocenters. The number of hydrogen-bond donors (Lipinski definition) is 2. The van der Waals surface area contributed by atoms with Crippen LogP contribution in [0.5, 0.6) is 5.75 Å². The lowest BCUT2D eigenvalue weighted by Gasteiger charge is -2.43. The lowest BCUT2D eigenvalue weighted by molar-refractivity contribution is -0.137. The van der Waals surface area contributed by atoms with Crippen LogP contribution in [0.1, 0.15) is 33.9 Å². The first-order chi connectivity index (χ1) is 23.0. The van der Waals surface area contributed by atoms with Crippen LogP contribution in [-0.4, -0.2) is 34.6 Å². The zero-order valence-corrected chi connectivity index (χ0v) is 27.0.